The van der Waals surface area contributed by atoms with Crippen molar-refractivity contribution in [2.75, 3.05) is 12.3 Å². The fourth-order valence-electron chi connectivity index (χ4n) is 3.29. The van der Waals surface area contributed by atoms with E-state index >= 15 is 0 Å². The molecular formula is C24H25F3N4O2S. The SMILES string of the molecule is CCc1ccc(C(=O)CSc2nnc(CCCNC(C)=O)n2-c2cccc(C(F)(F)F)c2)cc1. The van der Waals surface area contributed by atoms with Crippen molar-refractivity contribution in [1.82, 2.24) is 20.1 Å². The van der Waals surface area contributed by atoms with E-state index in [4.69, 9.17) is 0 Å². The summed E-state index contributed by atoms with van der Waals surface area (Å²) in [7, 11) is 0. The minimum atomic E-state index is -4.50. The van der Waals surface area contributed by atoms with Gasteiger partial charge in [0.2, 0.25) is 5.91 Å². The van der Waals surface area contributed by atoms with Crippen molar-refractivity contribution >= 4 is 23.5 Å². The first-order valence-corrected chi connectivity index (χ1v) is 11.8. The number of Topliss-reactive ketones (excluding diaryl/α,β-unsaturated/α-hetero) is 1. The Hall–Kier alpha value is -3.14. The maximum absolute atomic E-state index is 13.3. The number of carbonyl (C=O) groups is 2. The molecule has 34 heavy (non-hydrogen) atoms. The van der Waals surface area contributed by atoms with Crippen LogP contribution in [0.3, 0.4) is 0 Å². The molecule has 10 heteroatoms. The first-order chi connectivity index (χ1) is 16.2. The van der Waals surface area contributed by atoms with Crippen molar-refractivity contribution in [2.45, 2.75) is 44.4 Å². The molecule has 0 aliphatic carbocycles. The van der Waals surface area contributed by atoms with Gasteiger partial charge in [-0.25, -0.2) is 0 Å². The summed E-state index contributed by atoms with van der Waals surface area (Å²) < 4.78 is 41.4. The molecule has 0 aliphatic heterocycles. The molecule has 0 fully saturated rings. The number of hydrogen-bond donors (Lipinski definition) is 1. The van der Waals surface area contributed by atoms with Gasteiger partial charge in [-0.15, -0.1) is 10.2 Å². The molecule has 2 aromatic carbocycles. The third-order valence-corrected chi connectivity index (χ3v) is 6.03. The van der Waals surface area contributed by atoms with Gasteiger partial charge in [-0.05, 0) is 36.6 Å². The number of halogens is 3. The van der Waals surface area contributed by atoms with Crippen LogP contribution in [0.15, 0.2) is 53.7 Å². The van der Waals surface area contributed by atoms with Gasteiger partial charge in [-0.2, -0.15) is 13.2 Å². The number of nitrogens with zero attached hydrogens (tertiary/aromatic N) is 3. The van der Waals surface area contributed by atoms with Gasteiger partial charge in [0, 0.05) is 31.1 Å². The summed E-state index contributed by atoms with van der Waals surface area (Å²) in [5, 5.41) is 11.3. The Morgan fingerprint density at radius 3 is 2.47 bits per heavy atom. The van der Waals surface area contributed by atoms with Gasteiger partial charge in [0.05, 0.1) is 11.3 Å². The van der Waals surface area contributed by atoms with E-state index in [9.17, 15) is 22.8 Å². The summed E-state index contributed by atoms with van der Waals surface area (Å²) in [4.78, 5) is 23.8. The molecule has 0 radical (unpaired) electrons. The van der Waals surface area contributed by atoms with E-state index in [2.05, 4.69) is 15.5 Å². The smallest absolute Gasteiger partial charge is 0.356 e. The minimum absolute atomic E-state index is 0.0639. The largest absolute Gasteiger partial charge is 0.416 e. The van der Waals surface area contributed by atoms with E-state index in [0.29, 0.717) is 35.9 Å². The van der Waals surface area contributed by atoms with Crippen molar-refractivity contribution in [1.29, 1.82) is 0 Å². The van der Waals surface area contributed by atoms with Gasteiger partial charge < -0.3 is 5.32 Å². The average molecular weight is 491 g/mol. The zero-order valence-corrected chi connectivity index (χ0v) is 19.7. The van der Waals surface area contributed by atoms with Gasteiger partial charge >= 0.3 is 6.18 Å². The lowest BCUT2D eigenvalue weighted by Gasteiger charge is -2.13. The van der Waals surface area contributed by atoms with Gasteiger partial charge in [-0.1, -0.05) is 49.0 Å². The highest BCUT2D eigenvalue weighted by Gasteiger charge is 2.31. The lowest BCUT2D eigenvalue weighted by molar-refractivity contribution is -0.137. The second-order valence-electron chi connectivity index (χ2n) is 7.63. The number of benzene rings is 2. The zero-order chi connectivity index (χ0) is 24.7. The molecule has 3 rings (SSSR count). The molecule has 180 valence electrons. The van der Waals surface area contributed by atoms with Gasteiger partial charge in [0.1, 0.15) is 5.82 Å². The second kappa shape index (κ2) is 11.3. The van der Waals surface area contributed by atoms with Crippen molar-refractivity contribution in [3.05, 3.63) is 71.0 Å². The Labute approximate surface area is 200 Å². The molecule has 1 heterocycles. The summed E-state index contributed by atoms with van der Waals surface area (Å²) in [5.74, 6) is 0.237. The zero-order valence-electron chi connectivity index (χ0n) is 18.9. The molecule has 0 bridgehead atoms. The van der Waals surface area contributed by atoms with Gasteiger partial charge in [0.25, 0.3) is 0 Å². The molecule has 0 atom stereocenters. The van der Waals surface area contributed by atoms with E-state index < -0.39 is 11.7 Å². The maximum atomic E-state index is 13.3. The van der Waals surface area contributed by atoms with E-state index in [-0.39, 0.29) is 23.1 Å². The number of amides is 1. The average Bonchev–Trinajstić information content (AvgIpc) is 3.22. The number of carbonyl (C=O) groups excluding carboxylic acids is 2. The first-order valence-electron chi connectivity index (χ1n) is 10.8. The number of rotatable bonds is 10. The predicted molar refractivity (Wildman–Crippen MR) is 124 cm³/mol. The van der Waals surface area contributed by atoms with Crippen LogP contribution in [0.5, 0.6) is 0 Å². The highest BCUT2D eigenvalue weighted by Crippen LogP contribution is 2.32. The quantitative estimate of drug-likeness (QED) is 0.249. The fraction of sp³-hybridized carbons (Fsp3) is 0.333. The van der Waals surface area contributed by atoms with E-state index in [1.807, 2.05) is 19.1 Å². The molecular weight excluding hydrogens is 465 g/mol. The Morgan fingerprint density at radius 2 is 1.82 bits per heavy atom. The standard InChI is InChI=1S/C24H25F3N4O2S/c1-3-17-9-11-18(12-10-17)21(33)15-34-23-30-29-22(8-5-13-28-16(2)32)31(23)20-7-4-6-19(14-20)24(25,26)27/h4,6-7,9-12,14H,3,5,8,13,15H2,1-2H3,(H,28,32). The van der Waals surface area contributed by atoms with Crippen LogP contribution in [-0.4, -0.2) is 38.8 Å². The monoisotopic (exact) mass is 490 g/mol. The van der Waals surface area contributed by atoms with Crippen molar-refractivity contribution in [3.8, 4) is 5.69 Å². The molecule has 0 aliphatic rings. The number of thioether (sulfide) groups is 1. The molecule has 1 aromatic heterocycles. The number of aromatic nitrogens is 3. The molecule has 0 saturated heterocycles. The number of aryl methyl sites for hydroxylation is 2. The topological polar surface area (TPSA) is 76.9 Å². The number of ketones is 1. The Balaban J connectivity index is 1.84. The summed E-state index contributed by atoms with van der Waals surface area (Å²) in [6.07, 6.45) is -2.71. The summed E-state index contributed by atoms with van der Waals surface area (Å²) in [5.41, 5.74) is 1.16. The maximum Gasteiger partial charge on any atom is 0.416 e. The van der Waals surface area contributed by atoms with Crippen LogP contribution in [-0.2, 0) is 23.8 Å². The second-order valence-corrected chi connectivity index (χ2v) is 8.57. The summed E-state index contributed by atoms with van der Waals surface area (Å²) in [6, 6.07) is 12.3. The molecule has 0 spiro atoms. The summed E-state index contributed by atoms with van der Waals surface area (Å²) in [6.45, 7) is 3.84. The van der Waals surface area contributed by atoms with Crippen LogP contribution in [0.2, 0.25) is 0 Å². The third-order valence-electron chi connectivity index (χ3n) is 5.10. The molecule has 6 nitrogen and oxygen atoms in total. The Morgan fingerprint density at radius 1 is 1.09 bits per heavy atom. The number of nitrogens with one attached hydrogen (secondary N) is 1. The van der Waals surface area contributed by atoms with E-state index in [1.165, 1.54) is 13.0 Å². The van der Waals surface area contributed by atoms with Crippen LogP contribution in [0.25, 0.3) is 5.69 Å². The number of hydrogen-bond acceptors (Lipinski definition) is 5. The van der Waals surface area contributed by atoms with E-state index in [0.717, 1.165) is 35.9 Å². The Bertz CT molecular complexity index is 1140. The first kappa shape index (κ1) is 25.5. The fourth-order valence-corrected chi connectivity index (χ4v) is 4.15. The molecule has 1 N–H and O–H groups in total. The van der Waals surface area contributed by atoms with Crippen molar-refractivity contribution < 1.29 is 22.8 Å². The van der Waals surface area contributed by atoms with Crippen molar-refractivity contribution in [2.24, 2.45) is 0 Å². The van der Waals surface area contributed by atoms with Crippen LogP contribution >= 0.6 is 11.8 Å². The van der Waals surface area contributed by atoms with Gasteiger partial charge in [-0.3, -0.25) is 14.2 Å². The predicted octanol–water partition coefficient (Wildman–Crippen LogP) is 4.89. The van der Waals surface area contributed by atoms with Crippen LogP contribution < -0.4 is 5.32 Å². The Kier molecular flexibility index (Phi) is 8.49. The van der Waals surface area contributed by atoms with Crippen LogP contribution in [0.1, 0.15) is 47.6 Å². The highest BCUT2D eigenvalue weighted by atomic mass is 32.2. The molecule has 3 aromatic rings. The third kappa shape index (κ3) is 6.69. The minimum Gasteiger partial charge on any atom is -0.356 e. The number of alkyl halides is 3. The lowest BCUT2D eigenvalue weighted by Crippen LogP contribution is -2.21. The van der Waals surface area contributed by atoms with E-state index in [1.54, 1.807) is 22.8 Å². The van der Waals surface area contributed by atoms with Crippen molar-refractivity contribution in [3.63, 3.8) is 0 Å². The summed E-state index contributed by atoms with van der Waals surface area (Å²) >= 11 is 1.12. The van der Waals surface area contributed by atoms with Gasteiger partial charge in [0.15, 0.2) is 10.9 Å². The molecule has 0 unspecified atom stereocenters. The lowest BCUT2D eigenvalue weighted by atomic mass is 10.1. The van der Waals surface area contributed by atoms with Crippen LogP contribution in [0.4, 0.5) is 13.2 Å². The molecule has 1 amide bonds. The van der Waals surface area contributed by atoms with Crippen LogP contribution in [0, 0.1) is 0 Å². The normalized spacial score (nSPS) is 11.4. The highest BCUT2D eigenvalue weighted by molar-refractivity contribution is 7.99. The molecule has 0 saturated carbocycles.